The number of benzene rings is 2. The summed E-state index contributed by atoms with van der Waals surface area (Å²) in [7, 11) is -3.56. The number of fused-ring (bicyclic) bond motifs is 1. The van der Waals surface area contributed by atoms with Gasteiger partial charge in [-0.2, -0.15) is 0 Å². The first-order valence-electron chi connectivity index (χ1n) is 7.95. The summed E-state index contributed by atoms with van der Waals surface area (Å²) in [6.07, 6.45) is 1.01. The summed E-state index contributed by atoms with van der Waals surface area (Å²) in [5, 5.41) is 0. The average molecular weight is 344 g/mol. The van der Waals surface area contributed by atoms with Crippen LogP contribution in [0.2, 0.25) is 0 Å². The topological polar surface area (TPSA) is 66.5 Å². The van der Waals surface area contributed by atoms with Crippen LogP contribution in [0.1, 0.15) is 17.5 Å². The summed E-state index contributed by atoms with van der Waals surface area (Å²) in [6, 6.07) is 16.3. The predicted octanol–water partition coefficient (Wildman–Crippen LogP) is 1.94. The number of hydrogen-bond acceptors (Lipinski definition) is 3. The lowest BCUT2D eigenvalue weighted by Crippen LogP contribution is -2.38. The lowest BCUT2D eigenvalue weighted by atomic mass is 10.00. The lowest BCUT2D eigenvalue weighted by molar-refractivity contribution is -0.131. The standard InChI is InChI=1S/C18H20N2O3S/c21-18(20-13-11-15-6-4-5-7-16(15)14-20)10-12-19-24(22,23)17-8-2-1-3-9-17/h1-9,19H,10-14H2. The van der Waals surface area contributed by atoms with E-state index in [0.29, 0.717) is 13.1 Å². The number of rotatable bonds is 5. The number of sulfonamides is 1. The Morgan fingerprint density at radius 1 is 1.00 bits per heavy atom. The fraction of sp³-hybridized carbons (Fsp3) is 0.278. The van der Waals surface area contributed by atoms with Crippen molar-refractivity contribution >= 4 is 15.9 Å². The van der Waals surface area contributed by atoms with Gasteiger partial charge in [-0.15, -0.1) is 0 Å². The molecule has 0 bridgehead atoms. The summed E-state index contributed by atoms with van der Waals surface area (Å²) in [6.45, 7) is 1.38. The fourth-order valence-electron chi connectivity index (χ4n) is 2.84. The summed E-state index contributed by atoms with van der Waals surface area (Å²) in [5.41, 5.74) is 2.45. The van der Waals surface area contributed by atoms with Crippen LogP contribution >= 0.6 is 0 Å². The van der Waals surface area contributed by atoms with Crippen molar-refractivity contribution in [2.45, 2.75) is 24.3 Å². The van der Waals surface area contributed by atoms with Crippen LogP contribution in [0.5, 0.6) is 0 Å². The molecular formula is C18H20N2O3S. The Labute approximate surface area is 142 Å². The molecule has 5 nitrogen and oxygen atoms in total. The van der Waals surface area contributed by atoms with Gasteiger partial charge < -0.3 is 4.90 Å². The van der Waals surface area contributed by atoms with E-state index in [9.17, 15) is 13.2 Å². The molecule has 1 aliphatic rings. The second kappa shape index (κ2) is 7.15. The Hall–Kier alpha value is -2.18. The maximum atomic E-state index is 12.3. The maximum absolute atomic E-state index is 12.3. The maximum Gasteiger partial charge on any atom is 0.240 e. The van der Waals surface area contributed by atoms with Crippen molar-refractivity contribution in [2.75, 3.05) is 13.1 Å². The van der Waals surface area contributed by atoms with Crippen molar-refractivity contribution < 1.29 is 13.2 Å². The number of nitrogens with zero attached hydrogens (tertiary/aromatic N) is 1. The van der Waals surface area contributed by atoms with Gasteiger partial charge >= 0.3 is 0 Å². The third kappa shape index (κ3) is 3.83. The van der Waals surface area contributed by atoms with Gasteiger partial charge in [0, 0.05) is 26.1 Å². The van der Waals surface area contributed by atoms with Gasteiger partial charge in [0.15, 0.2) is 0 Å². The van der Waals surface area contributed by atoms with Crippen LogP contribution in [0.25, 0.3) is 0 Å². The first-order valence-corrected chi connectivity index (χ1v) is 9.44. The fourth-order valence-corrected chi connectivity index (χ4v) is 3.89. The van der Waals surface area contributed by atoms with Crippen molar-refractivity contribution in [1.82, 2.24) is 9.62 Å². The molecule has 1 aliphatic heterocycles. The van der Waals surface area contributed by atoms with Crippen molar-refractivity contribution in [3.63, 3.8) is 0 Å². The highest BCUT2D eigenvalue weighted by atomic mass is 32.2. The average Bonchev–Trinajstić information content (AvgIpc) is 2.62. The van der Waals surface area contributed by atoms with E-state index < -0.39 is 10.0 Å². The molecule has 1 amide bonds. The molecule has 0 atom stereocenters. The highest BCUT2D eigenvalue weighted by Crippen LogP contribution is 2.19. The van der Waals surface area contributed by atoms with Gasteiger partial charge in [-0.3, -0.25) is 4.79 Å². The van der Waals surface area contributed by atoms with Crippen LogP contribution in [0.4, 0.5) is 0 Å². The molecule has 126 valence electrons. The number of carbonyl (C=O) groups excluding carboxylic acids is 1. The molecule has 0 unspecified atom stereocenters. The highest BCUT2D eigenvalue weighted by Gasteiger charge is 2.21. The third-order valence-corrected chi connectivity index (χ3v) is 5.64. The molecule has 0 saturated heterocycles. The van der Waals surface area contributed by atoms with Gasteiger partial charge in [0.05, 0.1) is 4.90 Å². The molecule has 6 heteroatoms. The van der Waals surface area contributed by atoms with E-state index in [1.54, 1.807) is 23.1 Å². The van der Waals surface area contributed by atoms with E-state index >= 15 is 0 Å². The van der Waals surface area contributed by atoms with Crippen molar-refractivity contribution in [3.05, 3.63) is 65.7 Å². The molecule has 0 fully saturated rings. The summed E-state index contributed by atoms with van der Waals surface area (Å²) in [5.74, 6) is -0.0275. The monoisotopic (exact) mass is 344 g/mol. The molecule has 0 aromatic heterocycles. The summed E-state index contributed by atoms with van der Waals surface area (Å²) >= 11 is 0. The van der Waals surface area contributed by atoms with Crippen LogP contribution in [-0.2, 0) is 27.8 Å². The van der Waals surface area contributed by atoms with Gasteiger partial charge in [-0.1, -0.05) is 42.5 Å². The van der Waals surface area contributed by atoms with E-state index in [4.69, 9.17) is 0 Å². The van der Waals surface area contributed by atoms with Gasteiger partial charge in [-0.05, 0) is 29.7 Å². The molecule has 2 aromatic rings. The van der Waals surface area contributed by atoms with Crippen molar-refractivity contribution in [2.24, 2.45) is 0 Å². The van der Waals surface area contributed by atoms with E-state index in [2.05, 4.69) is 10.8 Å². The second-order valence-corrected chi connectivity index (χ2v) is 7.56. The van der Waals surface area contributed by atoms with Crippen LogP contribution in [0.3, 0.4) is 0 Å². The lowest BCUT2D eigenvalue weighted by Gasteiger charge is -2.29. The zero-order chi connectivity index (χ0) is 17.0. The minimum atomic E-state index is -3.56. The molecule has 0 radical (unpaired) electrons. The quantitative estimate of drug-likeness (QED) is 0.901. The molecule has 0 spiro atoms. The number of nitrogens with one attached hydrogen (secondary N) is 1. The molecule has 3 rings (SSSR count). The zero-order valence-electron chi connectivity index (χ0n) is 13.3. The van der Waals surface area contributed by atoms with Crippen molar-refractivity contribution in [3.8, 4) is 0 Å². The van der Waals surface area contributed by atoms with Crippen LogP contribution in [-0.4, -0.2) is 32.3 Å². The third-order valence-electron chi connectivity index (χ3n) is 4.17. The highest BCUT2D eigenvalue weighted by molar-refractivity contribution is 7.89. The Kier molecular flexibility index (Phi) is 4.97. The number of amides is 1. The van der Waals surface area contributed by atoms with E-state index in [1.807, 2.05) is 18.2 Å². The zero-order valence-corrected chi connectivity index (χ0v) is 14.1. The predicted molar refractivity (Wildman–Crippen MR) is 91.8 cm³/mol. The summed E-state index contributed by atoms with van der Waals surface area (Å²) in [4.78, 5) is 14.3. The second-order valence-electron chi connectivity index (χ2n) is 5.79. The Morgan fingerprint density at radius 2 is 1.67 bits per heavy atom. The molecule has 24 heavy (non-hydrogen) atoms. The van der Waals surface area contributed by atoms with E-state index in [-0.39, 0.29) is 23.8 Å². The summed E-state index contributed by atoms with van der Waals surface area (Å²) < 4.78 is 26.7. The molecule has 1 heterocycles. The number of hydrogen-bond donors (Lipinski definition) is 1. The molecular weight excluding hydrogens is 324 g/mol. The first kappa shape index (κ1) is 16.7. The smallest absolute Gasteiger partial charge is 0.240 e. The minimum Gasteiger partial charge on any atom is -0.338 e. The van der Waals surface area contributed by atoms with Crippen LogP contribution < -0.4 is 4.72 Å². The Balaban J connectivity index is 1.53. The number of carbonyl (C=O) groups is 1. The van der Waals surface area contributed by atoms with E-state index in [1.165, 1.54) is 23.3 Å². The molecule has 2 aromatic carbocycles. The SMILES string of the molecule is O=C(CCNS(=O)(=O)c1ccccc1)N1CCc2ccccc2C1. The largest absolute Gasteiger partial charge is 0.338 e. The Bertz CT molecular complexity index is 819. The van der Waals surface area contributed by atoms with Gasteiger partial charge in [0.1, 0.15) is 0 Å². The molecule has 1 N–H and O–H groups in total. The van der Waals surface area contributed by atoms with E-state index in [0.717, 1.165) is 6.42 Å². The Morgan fingerprint density at radius 3 is 2.42 bits per heavy atom. The molecule has 0 aliphatic carbocycles. The van der Waals surface area contributed by atoms with Crippen LogP contribution in [0.15, 0.2) is 59.5 Å². The van der Waals surface area contributed by atoms with Gasteiger partial charge in [0.2, 0.25) is 15.9 Å². The normalized spacial score (nSPS) is 14.2. The van der Waals surface area contributed by atoms with Gasteiger partial charge in [-0.25, -0.2) is 13.1 Å². The minimum absolute atomic E-state index is 0.0275. The molecule has 0 saturated carbocycles. The first-order chi connectivity index (χ1) is 11.6. The van der Waals surface area contributed by atoms with Gasteiger partial charge in [0.25, 0.3) is 0 Å². The van der Waals surface area contributed by atoms with Crippen LogP contribution in [0, 0.1) is 0 Å². The van der Waals surface area contributed by atoms with Crippen molar-refractivity contribution in [1.29, 1.82) is 0 Å².